The number of aliphatic hydroxyl groups excluding tert-OH is 3. The number of rotatable bonds is 12. The van der Waals surface area contributed by atoms with Crippen molar-refractivity contribution < 1.29 is 58.7 Å². The van der Waals surface area contributed by atoms with Gasteiger partial charge in [-0.3, -0.25) is 0 Å². The molecule has 0 amide bonds. The molecule has 0 saturated carbocycles. The SMILES string of the molecule is COc1cc(C[C@@H]2CO[C@@H](c3cc(OC)c4c(c3)[C@@H](CO)[C@H](c3cc(OC)c5c(c3)[C@H](CO)[C@@H](c3ccc(O)c(OC)c3)O5)O4)[C@H]2CO)ccc1O. The summed E-state index contributed by atoms with van der Waals surface area (Å²) in [5, 5.41) is 52.3. The number of fused-ring (bicyclic) bond motifs is 2. The fourth-order valence-electron chi connectivity index (χ4n) is 8.00. The minimum atomic E-state index is -0.633. The summed E-state index contributed by atoms with van der Waals surface area (Å²) < 4.78 is 41.6. The van der Waals surface area contributed by atoms with E-state index in [4.69, 9.17) is 33.2 Å². The third-order valence-corrected chi connectivity index (χ3v) is 10.7. The predicted molar refractivity (Wildman–Crippen MR) is 188 cm³/mol. The highest BCUT2D eigenvalue weighted by atomic mass is 16.5. The van der Waals surface area contributed by atoms with Crippen molar-refractivity contribution in [3.63, 3.8) is 0 Å². The fraction of sp³-hybridized carbons (Fsp3) is 0.400. The second-order valence-corrected chi connectivity index (χ2v) is 13.4. The number of phenolic OH excluding ortho intramolecular Hbond substituents is 2. The number of methoxy groups -OCH3 is 4. The lowest BCUT2D eigenvalue weighted by molar-refractivity contribution is 0.0716. The molecular weight excluding hydrogens is 672 g/mol. The molecule has 3 heterocycles. The van der Waals surface area contributed by atoms with Crippen LogP contribution in [0.15, 0.2) is 60.7 Å². The van der Waals surface area contributed by atoms with Crippen molar-refractivity contribution in [3.05, 3.63) is 94.0 Å². The fourth-order valence-corrected chi connectivity index (χ4v) is 8.00. The monoisotopic (exact) mass is 716 g/mol. The Bertz CT molecular complexity index is 1930. The number of hydrogen-bond acceptors (Lipinski definition) is 12. The van der Waals surface area contributed by atoms with Gasteiger partial charge in [0.25, 0.3) is 0 Å². The summed E-state index contributed by atoms with van der Waals surface area (Å²) >= 11 is 0. The summed E-state index contributed by atoms with van der Waals surface area (Å²) in [7, 11) is 6.08. The number of aliphatic hydroxyl groups is 3. The molecule has 0 unspecified atom stereocenters. The minimum absolute atomic E-state index is 0.00456. The van der Waals surface area contributed by atoms with Gasteiger partial charge in [0, 0.05) is 23.7 Å². The van der Waals surface area contributed by atoms with Crippen molar-refractivity contribution >= 4 is 0 Å². The molecule has 5 N–H and O–H groups in total. The molecule has 7 atom stereocenters. The van der Waals surface area contributed by atoms with Gasteiger partial charge in [-0.25, -0.2) is 0 Å². The van der Waals surface area contributed by atoms with E-state index in [1.165, 1.54) is 20.3 Å². The Hall–Kier alpha value is -4.88. The molecule has 0 bridgehead atoms. The van der Waals surface area contributed by atoms with Crippen molar-refractivity contribution in [2.45, 2.75) is 36.6 Å². The highest BCUT2D eigenvalue weighted by molar-refractivity contribution is 5.59. The number of hydrogen-bond donors (Lipinski definition) is 5. The normalized spacial score (nSPS) is 24.5. The highest BCUT2D eigenvalue weighted by Gasteiger charge is 2.44. The third kappa shape index (κ3) is 6.09. The van der Waals surface area contributed by atoms with Gasteiger partial charge in [0.1, 0.15) is 12.2 Å². The van der Waals surface area contributed by atoms with Gasteiger partial charge in [-0.2, -0.15) is 0 Å². The van der Waals surface area contributed by atoms with Crippen LogP contribution in [0.4, 0.5) is 0 Å². The van der Waals surface area contributed by atoms with Crippen molar-refractivity contribution in [1.29, 1.82) is 0 Å². The van der Waals surface area contributed by atoms with Crippen LogP contribution in [-0.2, 0) is 11.2 Å². The molecule has 1 fully saturated rings. The van der Waals surface area contributed by atoms with Gasteiger partial charge in [0.05, 0.1) is 66.2 Å². The maximum atomic E-state index is 10.9. The quantitative estimate of drug-likeness (QED) is 0.132. The van der Waals surface area contributed by atoms with E-state index in [1.54, 1.807) is 38.5 Å². The van der Waals surface area contributed by atoms with Crippen molar-refractivity contribution in [1.82, 2.24) is 0 Å². The van der Waals surface area contributed by atoms with Crippen LogP contribution in [-0.4, -0.2) is 80.4 Å². The Labute approximate surface area is 301 Å². The van der Waals surface area contributed by atoms with E-state index >= 15 is 0 Å². The maximum Gasteiger partial charge on any atom is 0.165 e. The van der Waals surface area contributed by atoms with E-state index in [-0.39, 0.29) is 43.2 Å². The van der Waals surface area contributed by atoms with E-state index in [2.05, 4.69) is 0 Å². The Morgan fingerprint density at radius 3 is 1.62 bits per heavy atom. The Kier molecular flexibility index (Phi) is 9.99. The molecule has 0 spiro atoms. The number of ether oxygens (including phenoxy) is 7. The lowest BCUT2D eigenvalue weighted by Crippen LogP contribution is -2.21. The first-order valence-electron chi connectivity index (χ1n) is 17.2. The molecule has 3 aliphatic rings. The molecule has 12 heteroatoms. The summed E-state index contributed by atoms with van der Waals surface area (Å²) in [6, 6.07) is 17.8. The molecule has 3 aliphatic heterocycles. The molecule has 4 aromatic carbocycles. The van der Waals surface area contributed by atoms with Gasteiger partial charge in [-0.05, 0) is 83.1 Å². The number of phenols is 2. The maximum absolute atomic E-state index is 10.9. The van der Waals surface area contributed by atoms with Crippen LogP contribution in [0.25, 0.3) is 0 Å². The van der Waals surface area contributed by atoms with Crippen molar-refractivity contribution in [2.24, 2.45) is 11.8 Å². The molecule has 0 radical (unpaired) electrons. The Balaban J connectivity index is 1.19. The number of benzene rings is 4. The predicted octanol–water partition coefficient (Wildman–Crippen LogP) is 5.09. The van der Waals surface area contributed by atoms with Crippen LogP contribution in [0.5, 0.6) is 46.0 Å². The molecule has 4 aromatic rings. The van der Waals surface area contributed by atoms with E-state index in [1.807, 2.05) is 30.3 Å². The van der Waals surface area contributed by atoms with E-state index in [0.717, 1.165) is 27.8 Å². The van der Waals surface area contributed by atoms with E-state index in [9.17, 15) is 25.5 Å². The zero-order valence-corrected chi connectivity index (χ0v) is 29.4. The van der Waals surface area contributed by atoms with Crippen LogP contribution in [0.2, 0.25) is 0 Å². The van der Waals surface area contributed by atoms with Crippen LogP contribution < -0.4 is 28.4 Å². The van der Waals surface area contributed by atoms with Crippen LogP contribution in [0.3, 0.4) is 0 Å². The molecule has 52 heavy (non-hydrogen) atoms. The van der Waals surface area contributed by atoms with Gasteiger partial charge in [-0.1, -0.05) is 12.1 Å². The second kappa shape index (κ2) is 14.6. The summed E-state index contributed by atoms with van der Waals surface area (Å²) in [5.74, 6) is 1.46. The molecule has 12 nitrogen and oxygen atoms in total. The standard InChI is InChI=1S/C40H44O12/c1-46-32-10-20(5-7-30(32)44)9-24-19-50-36(27(24)16-41)22-11-25-29(18-43)38(52-40(25)34(14-22)48-3)23-12-26-28(17-42)37(51-39(26)35(15-23)49-4)21-6-8-31(45)33(13-21)47-2/h5-8,10-15,24,27-29,36-38,41-45H,9,16-19H2,1-4H3/t24-,27+,28+,29-,36+,37-,38+/m1/s1. The molecule has 0 aliphatic carbocycles. The summed E-state index contributed by atoms with van der Waals surface area (Å²) in [6.07, 6.45) is -1.04. The van der Waals surface area contributed by atoms with Gasteiger partial charge in [0.2, 0.25) is 0 Å². The second-order valence-electron chi connectivity index (χ2n) is 13.4. The van der Waals surface area contributed by atoms with Gasteiger partial charge < -0.3 is 58.7 Å². The van der Waals surface area contributed by atoms with Gasteiger partial charge in [0.15, 0.2) is 46.0 Å². The van der Waals surface area contributed by atoms with Crippen LogP contribution in [0.1, 0.15) is 63.5 Å². The summed E-state index contributed by atoms with van der Waals surface area (Å²) in [5.41, 5.74) is 4.66. The average Bonchev–Trinajstić information content (AvgIpc) is 3.87. The summed E-state index contributed by atoms with van der Waals surface area (Å²) in [6.45, 7) is -0.149. The zero-order chi connectivity index (χ0) is 36.7. The molecule has 7 rings (SSSR count). The molecule has 276 valence electrons. The third-order valence-electron chi connectivity index (χ3n) is 10.7. The lowest BCUT2D eigenvalue weighted by atomic mass is 9.82. The highest BCUT2D eigenvalue weighted by Crippen LogP contribution is 2.56. The Morgan fingerprint density at radius 1 is 0.577 bits per heavy atom. The minimum Gasteiger partial charge on any atom is -0.504 e. The first-order valence-corrected chi connectivity index (χ1v) is 17.2. The largest absolute Gasteiger partial charge is 0.504 e. The lowest BCUT2D eigenvalue weighted by Gasteiger charge is -2.23. The van der Waals surface area contributed by atoms with Gasteiger partial charge in [-0.15, -0.1) is 0 Å². The summed E-state index contributed by atoms with van der Waals surface area (Å²) in [4.78, 5) is 0. The molecular formula is C40H44O12. The van der Waals surface area contributed by atoms with E-state index in [0.29, 0.717) is 53.1 Å². The first-order chi connectivity index (χ1) is 25.3. The zero-order valence-electron chi connectivity index (χ0n) is 29.4. The van der Waals surface area contributed by atoms with E-state index < -0.39 is 30.1 Å². The van der Waals surface area contributed by atoms with Crippen LogP contribution >= 0.6 is 0 Å². The average molecular weight is 717 g/mol. The smallest absolute Gasteiger partial charge is 0.165 e. The first kappa shape index (κ1) is 35.5. The number of aromatic hydroxyl groups is 2. The molecule has 0 aromatic heterocycles. The van der Waals surface area contributed by atoms with Crippen molar-refractivity contribution in [3.8, 4) is 46.0 Å². The Morgan fingerprint density at radius 2 is 1.08 bits per heavy atom. The van der Waals surface area contributed by atoms with Crippen molar-refractivity contribution in [2.75, 3.05) is 54.9 Å². The van der Waals surface area contributed by atoms with Crippen LogP contribution in [0, 0.1) is 11.8 Å². The topological polar surface area (TPSA) is 166 Å². The van der Waals surface area contributed by atoms with Gasteiger partial charge >= 0.3 is 0 Å². The molecule has 1 saturated heterocycles.